The lowest BCUT2D eigenvalue weighted by atomic mass is 10.0. The molecular formula is C9H11ClN2OS. The largest absolute Gasteiger partial charge is 0.491 e. The first kappa shape index (κ1) is 11.3. The number of rotatable bonds is 1. The van der Waals surface area contributed by atoms with Gasteiger partial charge in [-0.05, 0) is 13.5 Å². The molecule has 1 N–H and O–H groups in total. The van der Waals surface area contributed by atoms with E-state index >= 15 is 0 Å². The lowest BCUT2D eigenvalue weighted by Crippen LogP contribution is -2.36. The third-order valence-corrected chi connectivity index (χ3v) is 3.16. The first-order chi connectivity index (χ1) is 6.35. The number of hydrogen-bond donors (Lipinski definition) is 1. The van der Waals surface area contributed by atoms with Crippen LogP contribution in [0.1, 0.15) is 10.4 Å². The Bertz CT molecular complexity index is 358. The summed E-state index contributed by atoms with van der Waals surface area (Å²) in [5.41, 5.74) is 1.07. The number of ether oxygens (including phenoxy) is 1. The van der Waals surface area contributed by atoms with Crippen LogP contribution in [-0.4, -0.2) is 19.7 Å². The molecule has 1 aliphatic rings. The number of likely N-dealkylation sites (N-methyl/N-ethyl adjacent to an activating group) is 1. The van der Waals surface area contributed by atoms with Crippen molar-refractivity contribution in [2.24, 2.45) is 0 Å². The van der Waals surface area contributed by atoms with E-state index in [1.807, 2.05) is 12.4 Å². The van der Waals surface area contributed by atoms with Gasteiger partial charge in [-0.15, -0.1) is 23.7 Å². The van der Waals surface area contributed by atoms with E-state index < -0.39 is 0 Å². The van der Waals surface area contributed by atoms with Crippen LogP contribution in [-0.2, 0) is 6.42 Å². The summed E-state index contributed by atoms with van der Waals surface area (Å²) in [6.07, 6.45) is 0.901. The van der Waals surface area contributed by atoms with Crippen LogP contribution in [0.3, 0.4) is 0 Å². The normalized spacial score (nSPS) is 18.7. The number of halogens is 1. The SMILES string of the molecule is CNC1COc2csc(C#N)c2C1.Cl. The maximum Gasteiger partial charge on any atom is 0.134 e. The smallest absolute Gasteiger partial charge is 0.134 e. The van der Waals surface area contributed by atoms with E-state index in [9.17, 15) is 0 Å². The molecule has 0 fully saturated rings. The Labute approximate surface area is 93.1 Å². The number of hydrogen-bond acceptors (Lipinski definition) is 4. The molecule has 0 amide bonds. The van der Waals surface area contributed by atoms with E-state index in [1.165, 1.54) is 11.3 Å². The van der Waals surface area contributed by atoms with Crippen molar-refractivity contribution in [1.82, 2.24) is 5.32 Å². The molecule has 0 saturated heterocycles. The molecule has 0 aromatic carbocycles. The topological polar surface area (TPSA) is 45.0 Å². The van der Waals surface area contributed by atoms with Crippen LogP contribution in [0.5, 0.6) is 5.75 Å². The standard InChI is InChI=1S/C9H10N2OS.ClH/c1-11-6-2-7-8(12-4-6)5-13-9(7)3-10;/h5-6,11H,2,4H2,1H3;1H. The van der Waals surface area contributed by atoms with E-state index in [0.717, 1.165) is 22.6 Å². The van der Waals surface area contributed by atoms with Crippen molar-refractivity contribution in [2.45, 2.75) is 12.5 Å². The first-order valence-electron chi connectivity index (χ1n) is 4.15. The summed E-state index contributed by atoms with van der Waals surface area (Å²) in [5.74, 6) is 0.896. The highest BCUT2D eigenvalue weighted by Crippen LogP contribution is 2.32. The predicted octanol–water partition coefficient (Wildman–Crippen LogP) is 1.56. The number of nitrogens with one attached hydrogen (secondary N) is 1. The quantitative estimate of drug-likeness (QED) is 0.797. The van der Waals surface area contributed by atoms with Crippen molar-refractivity contribution in [3.63, 3.8) is 0 Å². The molecule has 0 spiro atoms. The molecule has 0 bridgehead atoms. The number of thiophene rings is 1. The Morgan fingerprint density at radius 1 is 1.71 bits per heavy atom. The zero-order valence-electron chi connectivity index (χ0n) is 7.74. The van der Waals surface area contributed by atoms with Crippen molar-refractivity contribution in [2.75, 3.05) is 13.7 Å². The predicted molar refractivity (Wildman–Crippen MR) is 58.3 cm³/mol. The third kappa shape index (κ3) is 1.85. The van der Waals surface area contributed by atoms with Gasteiger partial charge < -0.3 is 10.1 Å². The highest BCUT2D eigenvalue weighted by molar-refractivity contribution is 7.11. The Hall–Kier alpha value is -0.760. The summed E-state index contributed by atoms with van der Waals surface area (Å²) in [6, 6.07) is 2.53. The van der Waals surface area contributed by atoms with Gasteiger partial charge in [0.1, 0.15) is 23.3 Å². The molecule has 1 atom stereocenters. The van der Waals surface area contributed by atoms with Crippen LogP contribution in [0.25, 0.3) is 0 Å². The number of fused-ring (bicyclic) bond motifs is 1. The molecule has 0 aliphatic carbocycles. The maximum atomic E-state index is 8.83. The Morgan fingerprint density at radius 3 is 3.14 bits per heavy atom. The lowest BCUT2D eigenvalue weighted by molar-refractivity contribution is 0.247. The summed E-state index contributed by atoms with van der Waals surface area (Å²) in [6.45, 7) is 0.700. The van der Waals surface area contributed by atoms with E-state index in [2.05, 4.69) is 11.4 Å². The van der Waals surface area contributed by atoms with Gasteiger partial charge in [-0.3, -0.25) is 0 Å². The molecule has 5 heteroatoms. The summed E-state index contributed by atoms with van der Waals surface area (Å²) in [4.78, 5) is 0.787. The summed E-state index contributed by atoms with van der Waals surface area (Å²) in [7, 11) is 1.91. The maximum absolute atomic E-state index is 8.83. The van der Waals surface area contributed by atoms with Crippen LogP contribution in [0.2, 0.25) is 0 Å². The van der Waals surface area contributed by atoms with Gasteiger partial charge in [0.05, 0.1) is 0 Å². The summed E-state index contributed by atoms with van der Waals surface area (Å²) < 4.78 is 5.51. The molecule has 1 aromatic rings. The fourth-order valence-corrected chi connectivity index (χ4v) is 2.27. The van der Waals surface area contributed by atoms with Crippen molar-refractivity contribution in [1.29, 1.82) is 5.26 Å². The lowest BCUT2D eigenvalue weighted by Gasteiger charge is -2.22. The van der Waals surface area contributed by atoms with Gasteiger partial charge in [0.25, 0.3) is 0 Å². The van der Waals surface area contributed by atoms with E-state index in [4.69, 9.17) is 10.00 Å². The van der Waals surface area contributed by atoms with Gasteiger partial charge in [0, 0.05) is 17.0 Å². The van der Waals surface area contributed by atoms with Gasteiger partial charge in [0.15, 0.2) is 0 Å². The van der Waals surface area contributed by atoms with E-state index in [1.54, 1.807) is 0 Å². The molecule has 2 rings (SSSR count). The highest BCUT2D eigenvalue weighted by Gasteiger charge is 2.22. The van der Waals surface area contributed by atoms with E-state index in [0.29, 0.717) is 12.6 Å². The van der Waals surface area contributed by atoms with Gasteiger partial charge in [-0.2, -0.15) is 5.26 Å². The van der Waals surface area contributed by atoms with Gasteiger partial charge in [-0.1, -0.05) is 0 Å². The second-order valence-corrected chi connectivity index (χ2v) is 3.90. The molecule has 76 valence electrons. The van der Waals surface area contributed by atoms with Crippen LogP contribution in [0.4, 0.5) is 0 Å². The molecule has 1 aromatic heterocycles. The number of nitriles is 1. The summed E-state index contributed by atoms with van der Waals surface area (Å²) >= 11 is 1.46. The van der Waals surface area contributed by atoms with Crippen molar-refractivity contribution in [3.05, 3.63) is 15.8 Å². The van der Waals surface area contributed by atoms with Crippen LogP contribution < -0.4 is 10.1 Å². The Morgan fingerprint density at radius 2 is 2.50 bits per heavy atom. The van der Waals surface area contributed by atoms with E-state index in [-0.39, 0.29) is 12.4 Å². The zero-order valence-corrected chi connectivity index (χ0v) is 9.37. The highest BCUT2D eigenvalue weighted by atomic mass is 35.5. The van der Waals surface area contributed by atoms with Gasteiger partial charge >= 0.3 is 0 Å². The van der Waals surface area contributed by atoms with Gasteiger partial charge in [0.2, 0.25) is 0 Å². The molecule has 0 saturated carbocycles. The third-order valence-electron chi connectivity index (χ3n) is 2.26. The van der Waals surface area contributed by atoms with Crippen molar-refractivity contribution in [3.8, 4) is 11.8 Å². The molecule has 2 heterocycles. The minimum absolute atomic E-state index is 0. The second kappa shape index (κ2) is 4.65. The molecular weight excluding hydrogens is 220 g/mol. The fraction of sp³-hybridized carbons (Fsp3) is 0.444. The average molecular weight is 231 g/mol. The minimum atomic E-state index is 0. The molecule has 1 unspecified atom stereocenters. The Balaban J connectivity index is 0.000000980. The first-order valence-corrected chi connectivity index (χ1v) is 5.03. The van der Waals surface area contributed by atoms with Crippen LogP contribution in [0, 0.1) is 11.3 Å². The minimum Gasteiger partial charge on any atom is -0.491 e. The summed E-state index contributed by atoms with van der Waals surface area (Å²) in [5, 5.41) is 13.9. The van der Waals surface area contributed by atoms with Crippen LogP contribution >= 0.6 is 23.7 Å². The second-order valence-electron chi connectivity index (χ2n) is 3.02. The molecule has 3 nitrogen and oxygen atoms in total. The van der Waals surface area contributed by atoms with Crippen LogP contribution in [0.15, 0.2) is 5.38 Å². The average Bonchev–Trinajstić information content (AvgIpc) is 2.59. The van der Waals surface area contributed by atoms with Crippen molar-refractivity contribution >= 4 is 23.7 Å². The number of nitrogens with zero attached hydrogens (tertiary/aromatic N) is 1. The van der Waals surface area contributed by atoms with Gasteiger partial charge in [-0.25, -0.2) is 0 Å². The molecule has 14 heavy (non-hydrogen) atoms. The monoisotopic (exact) mass is 230 g/mol. The fourth-order valence-electron chi connectivity index (χ4n) is 1.46. The molecule has 0 radical (unpaired) electrons. The van der Waals surface area contributed by atoms with Crippen molar-refractivity contribution < 1.29 is 4.74 Å². The Kier molecular flexibility index (Phi) is 3.76. The molecule has 1 aliphatic heterocycles. The zero-order chi connectivity index (χ0) is 9.26.